The van der Waals surface area contributed by atoms with Crippen molar-refractivity contribution in [3.05, 3.63) is 5.82 Å². The van der Waals surface area contributed by atoms with Crippen LogP contribution < -0.4 is 5.32 Å². The Labute approximate surface area is 97.0 Å². The maximum Gasteiger partial charge on any atom is 0.188 e. The molecule has 1 rings (SSSR count). The Balaban J connectivity index is 2.29. The summed E-state index contributed by atoms with van der Waals surface area (Å²) in [6, 6.07) is 0. The summed E-state index contributed by atoms with van der Waals surface area (Å²) < 4.78 is 0. The zero-order valence-electron chi connectivity index (χ0n) is 10.9. The van der Waals surface area contributed by atoms with Crippen molar-refractivity contribution in [3.63, 3.8) is 0 Å². The molecule has 0 aromatic carbocycles. The second kappa shape index (κ2) is 5.36. The summed E-state index contributed by atoms with van der Waals surface area (Å²) in [4.78, 5) is 3.67. The largest absolute Gasteiger partial charge is 0.309 e. The third-order valence-corrected chi connectivity index (χ3v) is 2.18. The minimum Gasteiger partial charge on any atom is -0.309 e. The van der Waals surface area contributed by atoms with Crippen LogP contribution >= 0.6 is 0 Å². The van der Waals surface area contributed by atoms with Crippen LogP contribution in [0.2, 0.25) is 0 Å². The lowest BCUT2D eigenvalue weighted by molar-refractivity contribution is 0.231. The molecule has 0 aliphatic carbocycles. The summed E-state index contributed by atoms with van der Waals surface area (Å²) in [7, 11) is 5.95. The molecule has 6 heteroatoms. The van der Waals surface area contributed by atoms with Crippen LogP contribution in [0.4, 0.5) is 0 Å². The summed E-state index contributed by atoms with van der Waals surface area (Å²) in [6.07, 6.45) is 0. The first kappa shape index (κ1) is 13.1. The monoisotopic (exact) mass is 226 g/mol. The van der Waals surface area contributed by atoms with Gasteiger partial charge in [0, 0.05) is 13.1 Å². The molecule has 0 unspecified atom stereocenters. The van der Waals surface area contributed by atoms with Crippen molar-refractivity contribution in [1.82, 2.24) is 30.4 Å². The van der Waals surface area contributed by atoms with E-state index in [-0.39, 0.29) is 5.41 Å². The fourth-order valence-corrected chi connectivity index (χ4v) is 1.82. The minimum atomic E-state index is 0.242. The Morgan fingerprint density at radius 2 is 2.06 bits per heavy atom. The highest BCUT2D eigenvalue weighted by Gasteiger charge is 2.18. The van der Waals surface area contributed by atoms with Crippen molar-refractivity contribution in [2.24, 2.45) is 12.5 Å². The number of nitrogens with zero attached hydrogens (tertiary/aromatic N) is 5. The van der Waals surface area contributed by atoms with E-state index in [2.05, 4.69) is 53.6 Å². The van der Waals surface area contributed by atoms with Gasteiger partial charge in [0.15, 0.2) is 5.82 Å². The molecule has 1 N–H and O–H groups in total. The Morgan fingerprint density at radius 1 is 1.38 bits per heavy atom. The van der Waals surface area contributed by atoms with Crippen LogP contribution in [0.15, 0.2) is 0 Å². The molecule has 0 atom stereocenters. The predicted molar refractivity (Wildman–Crippen MR) is 62.8 cm³/mol. The number of rotatable bonds is 6. The zero-order chi connectivity index (χ0) is 12.2. The maximum absolute atomic E-state index is 4.11. The van der Waals surface area contributed by atoms with Crippen molar-refractivity contribution >= 4 is 0 Å². The Hall–Kier alpha value is -1.01. The van der Waals surface area contributed by atoms with Crippen LogP contribution in [0.25, 0.3) is 0 Å². The van der Waals surface area contributed by atoms with E-state index in [1.165, 1.54) is 4.80 Å². The highest BCUT2D eigenvalue weighted by atomic mass is 15.6. The van der Waals surface area contributed by atoms with E-state index in [9.17, 15) is 0 Å². The molecule has 0 spiro atoms. The second-order valence-electron chi connectivity index (χ2n) is 5.20. The van der Waals surface area contributed by atoms with Gasteiger partial charge >= 0.3 is 0 Å². The second-order valence-corrected chi connectivity index (χ2v) is 5.20. The van der Waals surface area contributed by atoms with Crippen LogP contribution in [-0.2, 0) is 13.6 Å². The molecule has 0 saturated carbocycles. The normalized spacial score (nSPS) is 12.4. The number of nitrogens with one attached hydrogen (secondary N) is 1. The van der Waals surface area contributed by atoms with Crippen molar-refractivity contribution < 1.29 is 0 Å². The van der Waals surface area contributed by atoms with Crippen molar-refractivity contribution in [2.45, 2.75) is 20.4 Å². The standard InChI is InChI=1S/C10H22N6/c1-10(2,8-15(3)4)7-11-6-9-12-14-16(5)13-9/h11H,6-8H2,1-5H3. The number of aryl methyl sites for hydroxylation is 1. The molecule has 1 aromatic heterocycles. The van der Waals surface area contributed by atoms with Crippen LogP contribution in [0.3, 0.4) is 0 Å². The van der Waals surface area contributed by atoms with Gasteiger partial charge < -0.3 is 10.2 Å². The average molecular weight is 226 g/mol. The predicted octanol–water partition coefficient (Wildman–Crippen LogP) is -0.112. The van der Waals surface area contributed by atoms with Crippen molar-refractivity contribution in [1.29, 1.82) is 0 Å². The summed E-state index contributed by atoms with van der Waals surface area (Å²) in [5.41, 5.74) is 0.242. The van der Waals surface area contributed by atoms with Crippen molar-refractivity contribution in [3.8, 4) is 0 Å². The van der Waals surface area contributed by atoms with Gasteiger partial charge in [-0.2, -0.15) is 4.80 Å². The highest BCUT2D eigenvalue weighted by Crippen LogP contribution is 2.14. The van der Waals surface area contributed by atoms with E-state index >= 15 is 0 Å². The third-order valence-electron chi connectivity index (χ3n) is 2.18. The Kier molecular flexibility index (Phi) is 4.37. The molecule has 16 heavy (non-hydrogen) atoms. The molecule has 0 aliphatic heterocycles. The smallest absolute Gasteiger partial charge is 0.188 e. The van der Waals surface area contributed by atoms with Crippen LogP contribution in [0.1, 0.15) is 19.7 Å². The van der Waals surface area contributed by atoms with Gasteiger partial charge in [-0.05, 0) is 24.7 Å². The lowest BCUT2D eigenvalue weighted by atomic mass is 9.93. The molecule has 92 valence electrons. The minimum absolute atomic E-state index is 0.242. The topological polar surface area (TPSA) is 58.9 Å². The first-order valence-corrected chi connectivity index (χ1v) is 5.47. The molecule has 6 nitrogen and oxygen atoms in total. The van der Waals surface area contributed by atoms with Gasteiger partial charge in [0.25, 0.3) is 0 Å². The number of tetrazole rings is 1. The van der Waals surface area contributed by atoms with Gasteiger partial charge in [-0.1, -0.05) is 13.8 Å². The molecule has 0 saturated heterocycles. The highest BCUT2D eigenvalue weighted by molar-refractivity contribution is 4.79. The molecule has 0 bridgehead atoms. The third kappa shape index (κ3) is 4.67. The number of hydrogen-bond acceptors (Lipinski definition) is 5. The molecule has 0 radical (unpaired) electrons. The van der Waals surface area contributed by atoms with E-state index in [0.29, 0.717) is 6.54 Å². The number of aromatic nitrogens is 4. The zero-order valence-corrected chi connectivity index (χ0v) is 10.9. The quantitative estimate of drug-likeness (QED) is 0.733. The molecular weight excluding hydrogens is 204 g/mol. The van der Waals surface area contributed by atoms with Gasteiger partial charge in [0.1, 0.15) is 0 Å². The first-order chi connectivity index (χ1) is 7.39. The number of hydrogen-bond donors (Lipinski definition) is 1. The maximum atomic E-state index is 4.11. The summed E-state index contributed by atoms with van der Waals surface area (Å²) in [5, 5.41) is 15.2. The van der Waals surface area contributed by atoms with E-state index in [1.807, 2.05) is 0 Å². The Bertz CT molecular complexity index is 317. The summed E-state index contributed by atoms with van der Waals surface area (Å²) in [6.45, 7) is 7.14. The molecule has 1 heterocycles. The fraction of sp³-hybridized carbons (Fsp3) is 0.900. The van der Waals surface area contributed by atoms with E-state index < -0.39 is 0 Å². The molecular formula is C10H22N6. The van der Waals surface area contributed by atoms with Gasteiger partial charge in [0.2, 0.25) is 0 Å². The van der Waals surface area contributed by atoms with Crippen LogP contribution in [0, 0.1) is 5.41 Å². The SMILES string of the molecule is CN(C)CC(C)(C)CNCc1nnn(C)n1. The molecule has 0 fully saturated rings. The molecule has 0 aliphatic rings. The summed E-state index contributed by atoms with van der Waals surface area (Å²) >= 11 is 0. The molecule has 1 aromatic rings. The van der Waals surface area contributed by atoms with Crippen LogP contribution in [0.5, 0.6) is 0 Å². The first-order valence-electron chi connectivity index (χ1n) is 5.47. The van der Waals surface area contributed by atoms with Gasteiger partial charge in [-0.25, -0.2) is 0 Å². The fourth-order valence-electron chi connectivity index (χ4n) is 1.82. The van der Waals surface area contributed by atoms with Gasteiger partial charge in [-0.15, -0.1) is 10.2 Å². The summed E-state index contributed by atoms with van der Waals surface area (Å²) in [5.74, 6) is 0.739. The Morgan fingerprint density at radius 3 is 2.56 bits per heavy atom. The lowest BCUT2D eigenvalue weighted by Gasteiger charge is -2.28. The van der Waals surface area contributed by atoms with Crippen LogP contribution in [-0.4, -0.2) is 52.3 Å². The van der Waals surface area contributed by atoms with E-state index in [4.69, 9.17) is 0 Å². The molecule has 0 amide bonds. The van der Waals surface area contributed by atoms with Gasteiger partial charge in [0.05, 0.1) is 13.6 Å². The van der Waals surface area contributed by atoms with Gasteiger partial charge in [-0.3, -0.25) is 0 Å². The van der Waals surface area contributed by atoms with E-state index in [0.717, 1.165) is 18.9 Å². The average Bonchev–Trinajstić information content (AvgIpc) is 2.48. The van der Waals surface area contributed by atoms with Crippen molar-refractivity contribution in [2.75, 3.05) is 27.2 Å². The van der Waals surface area contributed by atoms with E-state index in [1.54, 1.807) is 7.05 Å². The lowest BCUT2D eigenvalue weighted by Crippen LogP contribution is -2.37.